The van der Waals surface area contributed by atoms with Crippen molar-refractivity contribution in [1.29, 1.82) is 0 Å². The van der Waals surface area contributed by atoms with Crippen molar-refractivity contribution in [2.24, 2.45) is 0 Å². The summed E-state index contributed by atoms with van der Waals surface area (Å²) >= 11 is 0. The second-order valence-electron chi connectivity index (χ2n) is 8.27. The number of nitrogens with one attached hydrogen (secondary N) is 1. The van der Waals surface area contributed by atoms with Crippen molar-refractivity contribution in [3.05, 3.63) is 46.0 Å². The van der Waals surface area contributed by atoms with Crippen LogP contribution in [0, 0.1) is 0 Å². The number of hydrogen-bond acceptors (Lipinski definition) is 6. The van der Waals surface area contributed by atoms with Crippen LogP contribution in [0.4, 0.5) is 0 Å². The third-order valence-corrected chi connectivity index (χ3v) is 6.06. The zero-order valence-electron chi connectivity index (χ0n) is 17.5. The number of pyridine rings is 1. The highest BCUT2D eigenvalue weighted by Crippen LogP contribution is 2.32. The highest BCUT2D eigenvalue weighted by atomic mass is 16.5. The first-order valence-electron chi connectivity index (χ1n) is 10.2. The monoisotopic (exact) mass is 396 g/mol. The molecule has 3 heterocycles. The number of benzene rings is 1. The first-order chi connectivity index (χ1) is 13.9. The average molecular weight is 396 g/mol. The normalized spacial score (nSPS) is 16.4. The van der Waals surface area contributed by atoms with Crippen LogP contribution in [0.3, 0.4) is 0 Å². The Morgan fingerprint density at radius 1 is 1.24 bits per heavy atom. The summed E-state index contributed by atoms with van der Waals surface area (Å²) < 4.78 is 7.17. The fourth-order valence-corrected chi connectivity index (χ4v) is 3.97. The van der Waals surface area contributed by atoms with E-state index in [0.29, 0.717) is 11.3 Å². The molecule has 1 N–H and O–H groups in total. The first-order valence-corrected chi connectivity index (χ1v) is 10.2. The third-order valence-electron chi connectivity index (χ3n) is 6.06. The molecule has 1 fully saturated rings. The maximum atomic E-state index is 13.2. The molecule has 0 spiro atoms. The van der Waals surface area contributed by atoms with Crippen LogP contribution in [0.2, 0.25) is 0 Å². The van der Waals surface area contributed by atoms with Crippen molar-refractivity contribution in [2.45, 2.75) is 51.6 Å². The van der Waals surface area contributed by atoms with E-state index in [1.54, 1.807) is 7.11 Å². The smallest absolute Gasteiger partial charge is 0.253 e. The highest BCUT2D eigenvalue weighted by Gasteiger charge is 2.35. The van der Waals surface area contributed by atoms with Gasteiger partial charge in [0, 0.05) is 11.6 Å². The Balaban J connectivity index is 1.89. The van der Waals surface area contributed by atoms with E-state index in [9.17, 15) is 4.79 Å². The Hall–Kier alpha value is -2.74. The van der Waals surface area contributed by atoms with Gasteiger partial charge < -0.3 is 9.72 Å². The Morgan fingerprint density at radius 3 is 2.69 bits per heavy atom. The number of likely N-dealkylation sites (tertiary alicyclic amines) is 1. The van der Waals surface area contributed by atoms with Crippen molar-refractivity contribution >= 4 is 10.9 Å². The number of aromatic amines is 1. The summed E-state index contributed by atoms with van der Waals surface area (Å²) in [5.41, 5.74) is 1.07. The molecule has 1 atom stereocenters. The van der Waals surface area contributed by atoms with Gasteiger partial charge in [0.1, 0.15) is 11.8 Å². The first kappa shape index (κ1) is 19.6. The van der Waals surface area contributed by atoms with E-state index in [4.69, 9.17) is 4.74 Å². The predicted molar refractivity (Wildman–Crippen MR) is 111 cm³/mol. The van der Waals surface area contributed by atoms with Gasteiger partial charge in [-0.3, -0.25) is 9.69 Å². The minimum Gasteiger partial charge on any atom is -0.497 e. The Bertz CT molecular complexity index is 1060. The summed E-state index contributed by atoms with van der Waals surface area (Å²) in [6, 6.07) is 7.39. The van der Waals surface area contributed by atoms with Gasteiger partial charge in [-0.05, 0) is 80.2 Å². The maximum Gasteiger partial charge on any atom is 0.253 e. The van der Waals surface area contributed by atoms with E-state index in [0.717, 1.165) is 49.1 Å². The van der Waals surface area contributed by atoms with Crippen LogP contribution in [-0.4, -0.2) is 50.3 Å². The lowest BCUT2D eigenvalue weighted by Gasteiger charge is -2.30. The molecule has 1 saturated heterocycles. The fourth-order valence-electron chi connectivity index (χ4n) is 3.97. The molecule has 8 nitrogen and oxygen atoms in total. The molecule has 0 amide bonds. The zero-order chi connectivity index (χ0) is 20.6. The van der Waals surface area contributed by atoms with Crippen molar-refractivity contribution in [3.8, 4) is 5.75 Å². The van der Waals surface area contributed by atoms with E-state index in [2.05, 4.69) is 46.2 Å². The molecule has 1 aromatic carbocycles. The van der Waals surface area contributed by atoms with E-state index < -0.39 is 0 Å². The quantitative estimate of drug-likeness (QED) is 0.689. The summed E-state index contributed by atoms with van der Waals surface area (Å²) in [6.07, 6.45) is 3.10. The lowest BCUT2D eigenvalue weighted by atomic mass is 9.99. The van der Waals surface area contributed by atoms with E-state index in [1.807, 2.05) is 28.9 Å². The van der Waals surface area contributed by atoms with Crippen LogP contribution in [-0.2, 0) is 5.54 Å². The van der Waals surface area contributed by atoms with E-state index in [-0.39, 0.29) is 17.1 Å². The summed E-state index contributed by atoms with van der Waals surface area (Å²) in [4.78, 5) is 18.5. The van der Waals surface area contributed by atoms with Gasteiger partial charge >= 0.3 is 0 Å². The maximum absolute atomic E-state index is 13.2. The van der Waals surface area contributed by atoms with Gasteiger partial charge in [0.15, 0.2) is 5.82 Å². The molecule has 154 valence electrons. The number of nitrogens with zero attached hydrogens (tertiary/aromatic N) is 5. The lowest BCUT2D eigenvalue weighted by molar-refractivity contribution is 0.230. The summed E-state index contributed by atoms with van der Waals surface area (Å²) in [5.74, 6) is 1.43. The molecule has 0 radical (unpaired) electrons. The minimum atomic E-state index is -0.284. The third kappa shape index (κ3) is 3.53. The zero-order valence-corrected chi connectivity index (χ0v) is 17.5. The largest absolute Gasteiger partial charge is 0.497 e. The van der Waals surface area contributed by atoms with Crippen molar-refractivity contribution in [2.75, 3.05) is 20.2 Å². The van der Waals surface area contributed by atoms with Crippen molar-refractivity contribution in [1.82, 2.24) is 30.1 Å². The number of hydrogen-bond donors (Lipinski definition) is 1. The minimum absolute atomic E-state index is 0.119. The molecule has 0 aliphatic carbocycles. The number of tetrazole rings is 1. The molecule has 0 bridgehead atoms. The van der Waals surface area contributed by atoms with Gasteiger partial charge in [0.2, 0.25) is 0 Å². The van der Waals surface area contributed by atoms with Gasteiger partial charge in [-0.25, -0.2) is 4.68 Å². The van der Waals surface area contributed by atoms with E-state index >= 15 is 0 Å². The van der Waals surface area contributed by atoms with Crippen LogP contribution in [0.5, 0.6) is 5.75 Å². The molecule has 29 heavy (non-hydrogen) atoms. The molecule has 1 aliphatic heterocycles. The van der Waals surface area contributed by atoms with Crippen molar-refractivity contribution in [3.63, 3.8) is 0 Å². The molecule has 1 unspecified atom stereocenters. The number of methoxy groups -OCH3 is 1. The Kier molecular flexibility index (Phi) is 5.12. The average Bonchev–Trinajstić information content (AvgIpc) is 3.41. The molecular weight excluding hydrogens is 368 g/mol. The summed E-state index contributed by atoms with van der Waals surface area (Å²) in [5, 5.41) is 13.6. The molecule has 3 aromatic rings. The van der Waals surface area contributed by atoms with Crippen LogP contribution in [0.1, 0.15) is 57.5 Å². The second-order valence-corrected chi connectivity index (χ2v) is 8.27. The summed E-state index contributed by atoms with van der Waals surface area (Å²) in [6.45, 7) is 8.19. The van der Waals surface area contributed by atoms with Crippen LogP contribution in [0.15, 0.2) is 29.1 Å². The Morgan fingerprint density at radius 2 is 2.00 bits per heavy atom. The lowest BCUT2D eigenvalue weighted by Crippen LogP contribution is -2.37. The predicted octanol–water partition coefficient (Wildman–Crippen LogP) is 2.85. The molecule has 2 aromatic heterocycles. The molecule has 4 rings (SSSR count). The van der Waals surface area contributed by atoms with Crippen molar-refractivity contribution < 1.29 is 4.74 Å². The van der Waals surface area contributed by atoms with Crippen LogP contribution >= 0.6 is 0 Å². The number of H-pyrrole nitrogens is 1. The van der Waals surface area contributed by atoms with Gasteiger partial charge in [-0.2, -0.15) is 0 Å². The van der Waals surface area contributed by atoms with Crippen LogP contribution < -0.4 is 10.3 Å². The molecular formula is C21H28N6O2. The number of ether oxygens (including phenoxy) is 1. The number of fused-ring (bicyclic) bond motifs is 1. The molecule has 0 saturated carbocycles. The summed E-state index contributed by atoms with van der Waals surface area (Å²) in [7, 11) is 1.62. The van der Waals surface area contributed by atoms with Gasteiger partial charge in [0.05, 0.1) is 18.2 Å². The standard InChI is InChI=1S/C21H28N6O2/c1-5-21(2,3)27-19(23-24-25-27)18(26-10-6-7-11-26)16-12-14-8-9-15(29-4)13-17(14)22-20(16)28/h8-9,12-13,18H,5-7,10-11H2,1-4H3,(H,22,28). The fraction of sp³-hybridized carbons (Fsp3) is 0.524. The number of aromatic nitrogens is 5. The van der Waals surface area contributed by atoms with Gasteiger partial charge in [0.25, 0.3) is 5.56 Å². The second kappa shape index (κ2) is 7.59. The van der Waals surface area contributed by atoms with Gasteiger partial charge in [-0.15, -0.1) is 5.10 Å². The SMILES string of the molecule is CCC(C)(C)n1nnnc1C(c1cc2ccc(OC)cc2[nH]c1=O)N1CCCC1. The molecule has 8 heteroatoms. The highest BCUT2D eigenvalue weighted by molar-refractivity contribution is 5.80. The number of rotatable bonds is 6. The topological polar surface area (TPSA) is 88.9 Å². The van der Waals surface area contributed by atoms with E-state index in [1.165, 1.54) is 0 Å². The van der Waals surface area contributed by atoms with Crippen LogP contribution in [0.25, 0.3) is 10.9 Å². The van der Waals surface area contributed by atoms with Gasteiger partial charge in [-0.1, -0.05) is 6.92 Å². The molecule has 1 aliphatic rings. The Labute approximate surface area is 169 Å².